The van der Waals surface area contributed by atoms with Gasteiger partial charge in [0.05, 0.1) is 12.5 Å². The summed E-state index contributed by atoms with van der Waals surface area (Å²) >= 11 is 0. The molecule has 21 heavy (non-hydrogen) atoms. The third kappa shape index (κ3) is 3.63. The molecule has 1 saturated carbocycles. The maximum absolute atomic E-state index is 12.1. The van der Waals surface area contributed by atoms with Crippen molar-refractivity contribution >= 4 is 5.91 Å². The Hall–Kier alpha value is -1.39. The minimum absolute atomic E-state index is 0.00900. The molecule has 1 aromatic rings. The van der Waals surface area contributed by atoms with Crippen molar-refractivity contribution in [3.63, 3.8) is 0 Å². The van der Waals surface area contributed by atoms with Crippen LogP contribution >= 0.6 is 0 Å². The summed E-state index contributed by atoms with van der Waals surface area (Å²) in [6, 6.07) is 8.08. The van der Waals surface area contributed by atoms with Gasteiger partial charge in [0.2, 0.25) is 5.91 Å². The van der Waals surface area contributed by atoms with Crippen LogP contribution in [0.2, 0.25) is 0 Å². The predicted octanol–water partition coefficient (Wildman–Crippen LogP) is 2.01. The van der Waals surface area contributed by atoms with Crippen LogP contribution in [0.15, 0.2) is 24.3 Å². The molecule has 1 amide bonds. The molecule has 0 saturated heterocycles. The second-order valence-electron chi connectivity index (χ2n) is 6.32. The highest BCUT2D eigenvalue weighted by atomic mass is 16.5. The third-order valence-electron chi connectivity index (χ3n) is 4.50. The Morgan fingerprint density at radius 3 is 2.48 bits per heavy atom. The van der Waals surface area contributed by atoms with Crippen LogP contribution in [0.5, 0.6) is 0 Å². The lowest BCUT2D eigenvalue weighted by molar-refractivity contribution is -0.136. The van der Waals surface area contributed by atoms with E-state index in [2.05, 4.69) is 19.2 Å². The number of ether oxygens (including phenoxy) is 1. The molecule has 4 nitrogen and oxygen atoms in total. The number of carbonyl (C=O) groups is 1. The van der Waals surface area contributed by atoms with Gasteiger partial charge in [-0.25, -0.2) is 0 Å². The molecule has 2 rings (SSSR count). The van der Waals surface area contributed by atoms with Crippen LogP contribution in [-0.4, -0.2) is 24.7 Å². The Morgan fingerprint density at radius 1 is 1.33 bits per heavy atom. The minimum atomic E-state index is 0.00900. The predicted molar refractivity (Wildman–Crippen MR) is 83.8 cm³/mol. The highest BCUT2D eigenvalue weighted by Gasteiger charge is 2.49. The van der Waals surface area contributed by atoms with Crippen LogP contribution in [0, 0.1) is 5.41 Å². The average Bonchev–Trinajstić information content (AvgIpc) is 2.47. The first kappa shape index (κ1) is 16.0. The van der Waals surface area contributed by atoms with Crippen molar-refractivity contribution < 1.29 is 9.53 Å². The summed E-state index contributed by atoms with van der Waals surface area (Å²) in [7, 11) is 0. The summed E-state index contributed by atoms with van der Waals surface area (Å²) < 4.78 is 5.69. The van der Waals surface area contributed by atoms with Crippen molar-refractivity contribution in [2.75, 3.05) is 6.61 Å². The summed E-state index contributed by atoms with van der Waals surface area (Å²) in [4.78, 5) is 12.1. The Kier molecular flexibility index (Phi) is 5.01. The maximum atomic E-state index is 12.1. The van der Waals surface area contributed by atoms with Crippen LogP contribution in [-0.2, 0) is 22.5 Å². The zero-order chi connectivity index (χ0) is 15.5. The van der Waals surface area contributed by atoms with Gasteiger partial charge in [0.15, 0.2) is 0 Å². The van der Waals surface area contributed by atoms with E-state index >= 15 is 0 Å². The maximum Gasteiger partial charge on any atom is 0.224 e. The molecule has 0 bridgehead atoms. The number of rotatable bonds is 6. The van der Waals surface area contributed by atoms with Crippen molar-refractivity contribution in [2.24, 2.45) is 11.1 Å². The number of carbonyl (C=O) groups excluding carboxylic acids is 1. The Morgan fingerprint density at radius 2 is 1.95 bits per heavy atom. The van der Waals surface area contributed by atoms with E-state index in [4.69, 9.17) is 10.5 Å². The Labute approximate surface area is 127 Å². The van der Waals surface area contributed by atoms with Crippen molar-refractivity contribution in [1.82, 2.24) is 5.32 Å². The van der Waals surface area contributed by atoms with E-state index < -0.39 is 0 Å². The van der Waals surface area contributed by atoms with Crippen LogP contribution in [0.3, 0.4) is 0 Å². The van der Waals surface area contributed by atoms with E-state index in [9.17, 15) is 4.79 Å². The summed E-state index contributed by atoms with van der Waals surface area (Å²) in [5.41, 5.74) is 7.68. The van der Waals surface area contributed by atoms with E-state index in [0.717, 1.165) is 24.2 Å². The molecule has 0 heterocycles. The average molecular weight is 290 g/mol. The van der Waals surface area contributed by atoms with Gasteiger partial charge < -0.3 is 15.8 Å². The van der Waals surface area contributed by atoms with E-state index in [1.54, 1.807) is 0 Å². The fraction of sp³-hybridized carbons (Fsp3) is 0.588. The zero-order valence-electron chi connectivity index (χ0n) is 13.2. The lowest BCUT2D eigenvalue weighted by Gasteiger charge is -2.51. The lowest BCUT2D eigenvalue weighted by Crippen LogP contribution is -2.62. The molecule has 0 spiro atoms. The van der Waals surface area contributed by atoms with Gasteiger partial charge >= 0.3 is 0 Å². The fourth-order valence-corrected chi connectivity index (χ4v) is 2.84. The number of hydrogen-bond donors (Lipinski definition) is 2. The minimum Gasteiger partial charge on any atom is -0.378 e. The van der Waals surface area contributed by atoms with Crippen LogP contribution in [0.4, 0.5) is 0 Å². The standard InChI is InChI=1S/C17H26N2O2/c1-4-21-15-10-14(17(15,2)3)19-16(20)9-12-5-7-13(11-18)8-6-12/h5-8,14-15H,4,9-11,18H2,1-3H3,(H,19,20). The Balaban J connectivity index is 1.85. The van der Waals surface area contributed by atoms with Gasteiger partial charge in [-0.1, -0.05) is 38.1 Å². The first-order valence-electron chi connectivity index (χ1n) is 7.66. The molecule has 1 aliphatic carbocycles. The topological polar surface area (TPSA) is 64.3 Å². The molecule has 4 heteroatoms. The molecule has 0 radical (unpaired) electrons. The molecular weight excluding hydrogens is 264 g/mol. The van der Waals surface area contributed by atoms with Crippen LogP contribution in [0.1, 0.15) is 38.3 Å². The summed E-state index contributed by atoms with van der Waals surface area (Å²) in [5.74, 6) is 0.0727. The van der Waals surface area contributed by atoms with E-state index in [-0.39, 0.29) is 23.5 Å². The van der Waals surface area contributed by atoms with Gasteiger partial charge in [-0.05, 0) is 24.5 Å². The van der Waals surface area contributed by atoms with E-state index in [0.29, 0.717) is 13.0 Å². The number of benzene rings is 1. The van der Waals surface area contributed by atoms with E-state index in [1.165, 1.54) is 0 Å². The number of amides is 1. The van der Waals surface area contributed by atoms with Gasteiger partial charge in [0.25, 0.3) is 0 Å². The van der Waals surface area contributed by atoms with E-state index in [1.807, 2.05) is 31.2 Å². The van der Waals surface area contributed by atoms with Gasteiger partial charge in [0.1, 0.15) is 0 Å². The normalized spacial score (nSPS) is 23.4. The van der Waals surface area contributed by atoms with Gasteiger partial charge in [-0.15, -0.1) is 0 Å². The molecule has 1 aromatic carbocycles. The summed E-state index contributed by atoms with van der Waals surface area (Å²) in [6.45, 7) is 7.56. The zero-order valence-corrected chi connectivity index (χ0v) is 13.2. The monoisotopic (exact) mass is 290 g/mol. The largest absolute Gasteiger partial charge is 0.378 e. The highest BCUT2D eigenvalue weighted by molar-refractivity contribution is 5.79. The Bertz CT molecular complexity index is 482. The number of nitrogens with two attached hydrogens (primary N) is 1. The quantitative estimate of drug-likeness (QED) is 0.842. The smallest absolute Gasteiger partial charge is 0.224 e. The third-order valence-corrected chi connectivity index (χ3v) is 4.50. The van der Waals surface area contributed by atoms with Crippen LogP contribution < -0.4 is 11.1 Å². The van der Waals surface area contributed by atoms with Gasteiger partial charge in [-0.3, -0.25) is 4.79 Å². The molecule has 3 N–H and O–H groups in total. The lowest BCUT2D eigenvalue weighted by atomic mass is 9.64. The van der Waals surface area contributed by atoms with Crippen molar-refractivity contribution in [3.8, 4) is 0 Å². The second kappa shape index (κ2) is 6.58. The molecule has 116 valence electrons. The molecule has 0 aliphatic heterocycles. The summed E-state index contributed by atoms with van der Waals surface area (Å²) in [5, 5.41) is 3.13. The van der Waals surface area contributed by atoms with Crippen molar-refractivity contribution in [1.29, 1.82) is 0 Å². The molecule has 2 atom stereocenters. The fourth-order valence-electron chi connectivity index (χ4n) is 2.84. The van der Waals surface area contributed by atoms with Gasteiger partial charge in [-0.2, -0.15) is 0 Å². The number of hydrogen-bond acceptors (Lipinski definition) is 3. The summed E-state index contributed by atoms with van der Waals surface area (Å²) in [6.07, 6.45) is 1.56. The SMILES string of the molecule is CCOC1CC(NC(=O)Cc2ccc(CN)cc2)C1(C)C. The highest BCUT2D eigenvalue weighted by Crippen LogP contribution is 2.42. The van der Waals surface area contributed by atoms with Gasteiger partial charge in [0, 0.05) is 24.6 Å². The second-order valence-corrected chi connectivity index (χ2v) is 6.32. The molecule has 1 aliphatic rings. The van der Waals surface area contributed by atoms with Crippen LogP contribution in [0.25, 0.3) is 0 Å². The molecular formula is C17H26N2O2. The number of nitrogens with one attached hydrogen (secondary N) is 1. The first-order chi connectivity index (χ1) is 9.97. The molecule has 0 aromatic heterocycles. The molecule has 1 fully saturated rings. The van der Waals surface area contributed by atoms with Crippen molar-refractivity contribution in [2.45, 2.75) is 52.3 Å². The van der Waals surface area contributed by atoms with Crippen molar-refractivity contribution in [3.05, 3.63) is 35.4 Å². The first-order valence-corrected chi connectivity index (χ1v) is 7.66. The molecule has 2 unspecified atom stereocenters.